The number of fused-ring (bicyclic) bond motifs is 1. The Morgan fingerprint density at radius 1 is 0.962 bits per heavy atom. The number of hydrogen-bond acceptors (Lipinski definition) is 4. The molecule has 0 unspecified atom stereocenters. The van der Waals surface area contributed by atoms with Crippen LogP contribution in [0.1, 0.15) is 24.0 Å². The standard InChI is InChI=1S/C19H20N2O4S/c22-19-21(11-12-25-19)17-8-6-16(7-9-17)20-26(23,24)18-10-5-14-3-1-2-4-15(14)13-18/h5-10,13,20H,1-4,11-12H2. The smallest absolute Gasteiger partial charge is 0.414 e. The summed E-state index contributed by atoms with van der Waals surface area (Å²) in [5.41, 5.74) is 3.52. The number of ether oxygens (including phenoxy) is 1. The van der Waals surface area contributed by atoms with Crippen molar-refractivity contribution in [1.82, 2.24) is 0 Å². The molecule has 2 aromatic carbocycles. The van der Waals surface area contributed by atoms with Crippen LogP contribution in [0.2, 0.25) is 0 Å². The highest BCUT2D eigenvalue weighted by molar-refractivity contribution is 7.92. The molecule has 0 bridgehead atoms. The summed E-state index contributed by atoms with van der Waals surface area (Å²) < 4.78 is 32.9. The van der Waals surface area contributed by atoms with Crippen molar-refractivity contribution in [3.8, 4) is 0 Å². The molecule has 2 aromatic rings. The van der Waals surface area contributed by atoms with Gasteiger partial charge in [-0.25, -0.2) is 13.2 Å². The summed E-state index contributed by atoms with van der Waals surface area (Å²) in [6.45, 7) is 0.866. The summed E-state index contributed by atoms with van der Waals surface area (Å²) in [5.74, 6) is 0. The van der Waals surface area contributed by atoms with E-state index < -0.39 is 10.0 Å². The number of nitrogens with zero attached hydrogens (tertiary/aromatic N) is 1. The molecule has 1 N–H and O–H groups in total. The highest BCUT2D eigenvalue weighted by Crippen LogP contribution is 2.26. The van der Waals surface area contributed by atoms with E-state index in [1.54, 1.807) is 36.4 Å². The van der Waals surface area contributed by atoms with Crippen molar-refractivity contribution in [2.24, 2.45) is 0 Å². The number of nitrogens with one attached hydrogen (secondary N) is 1. The van der Waals surface area contributed by atoms with Gasteiger partial charge in [0.25, 0.3) is 10.0 Å². The van der Waals surface area contributed by atoms with Crippen LogP contribution in [-0.2, 0) is 27.6 Å². The highest BCUT2D eigenvalue weighted by Gasteiger charge is 2.23. The van der Waals surface area contributed by atoms with E-state index in [2.05, 4.69) is 4.72 Å². The fourth-order valence-electron chi connectivity index (χ4n) is 3.43. The van der Waals surface area contributed by atoms with Gasteiger partial charge in [0.2, 0.25) is 0 Å². The monoisotopic (exact) mass is 372 g/mol. The van der Waals surface area contributed by atoms with Crippen LogP contribution in [-0.4, -0.2) is 27.7 Å². The largest absolute Gasteiger partial charge is 0.447 e. The molecule has 6 nitrogen and oxygen atoms in total. The Hall–Kier alpha value is -2.54. The minimum Gasteiger partial charge on any atom is -0.447 e. The van der Waals surface area contributed by atoms with Gasteiger partial charge in [0.1, 0.15) is 6.61 Å². The van der Waals surface area contributed by atoms with Gasteiger partial charge in [-0.15, -0.1) is 0 Å². The summed E-state index contributed by atoms with van der Waals surface area (Å²) in [4.78, 5) is 13.4. The van der Waals surface area contributed by atoms with Gasteiger partial charge in [-0.3, -0.25) is 9.62 Å². The highest BCUT2D eigenvalue weighted by atomic mass is 32.2. The molecule has 2 aliphatic rings. The van der Waals surface area contributed by atoms with Crippen LogP contribution in [0.25, 0.3) is 0 Å². The minimum atomic E-state index is -3.64. The number of benzene rings is 2. The van der Waals surface area contributed by atoms with E-state index in [0.29, 0.717) is 24.5 Å². The third-order valence-electron chi connectivity index (χ3n) is 4.82. The van der Waals surface area contributed by atoms with Gasteiger partial charge in [-0.05, 0) is 73.2 Å². The zero-order valence-electron chi connectivity index (χ0n) is 14.3. The summed E-state index contributed by atoms with van der Waals surface area (Å²) >= 11 is 0. The number of cyclic esters (lactones) is 1. The Balaban J connectivity index is 1.53. The van der Waals surface area contributed by atoms with Gasteiger partial charge < -0.3 is 4.74 Å². The van der Waals surface area contributed by atoms with Crippen LogP contribution in [0.15, 0.2) is 47.4 Å². The van der Waals surface area contributed by atoms with Crippen molar-refractivity contribution in [2.75, 3.05) is 22.8 Å². The number of amides is 1. The van der Waals surface area contributed by atoms with Crippen molar-refractivity contribution < 1.29 is 17.9 Å². The predicted molar refractivity (Wildman–Crippen MR) is 99.0 cm³/mol. The van der Waals surface area contributed by atoms with Crippen molar-refractivity contribution in [1.29, 1.82) is 0 Å². The molecule has 4 rings (SSSR count). The number of rotatable bonds is 4. The van der Waals surface area contributed by atoms with Gasteiger partial charge in [0.05, 0.1) is 11.4 Å². The zero-order chi connectivity index (χ0) is 18.1. The van der Waals surface area contributed by atoms with Crippen LogP contribution in [0.3, 0.4) is 0 Å². The number of anilines is 2. The molecule has 1 aliphatic heterocycles. The number of carbonyl (C=O) groups is 1. The number of carbonyl (C=O) groups excluding carboxylic acids is 1. The maximum Gasteiger partial charge on any atom is 0.414 e. The molecular weight excluding hydrogens is 352 g/mol. The quantitative estimate of drug-likeness (QED) is 0.893. The molecular formula is C19H20N2O4S. The van der Waals surface area contributed by atoms with Crippen LogP contribution in [0, 0.1) is 0 Å². The van der Waals surface area contributed by atoms with E-state index in [4.69, 9.17) is 4.74 Å². The fraction of sp³-hybridized carbons (Fsp3) is 0.316. The van der Waals surface area contributed by atoms with E-state index in [1.165, 1.54) is 10.5 Å². The normalized spacial score (nSPS) is 16.9. The minimum absolute atomic E-state index is 0.283. The van der Waals surface area contributed by atoms with Crippen molar-refractivity contribution in [2.45, 2.75) is 30.6 Å². The molecule has 1 aliphatic carbocycles. The molecule has 0 saturated carbocycles. The number of hydrogen-bond donors (Lipinski definition) is 1. The van der Waals surface area contributed by atoms with Gasteiger partial charge >= 0.3 is 6.09 Å². The Bertz CT molecular complexity index is 939. The summed E-state index contributed by atoms with van der Waals surface area (Å²) in [5, 5.41) is 0. The van der Waals surface area contributed by atoms with Crippen molar-refractivity contribution >= 4 is 27.5 Å². The molecule has 1 fully saturated rings. The van der Waals surface area contributed by atoms with Crippen molar-refractivity contribution in [3.63, 3.8) is 0 Å². The molecule has 1 saturated heterocycles. The number of aryl methyl sites for hydroxylation is 2. The Labute approximate surface area is 152 Å². The van der Waals surface area contributed by atoms with Crippen molar-refractivity contribution in [3.05, 3.63) is 53.6 Å². The summed E-state index contributed by atoms with van der Waals surface area (Å²) in [6.07, 6.45) is 3.83. The first-order chi connectivity index (χ1) is 12.5. The van der Waals surface area contributed by atoms with Gasteiger partial charge in [0, 0.05) is 11.4 Å². The second-order valence-electron chi connectivity index (χ2n) is 6.56. The molecule has 136 valence electrons. The Morgan fingerprint density at radius 3 is 2.38 bits per heavy atom. The van der Waals surface area contributed by atoms with E-state index >= 15 is 0 Å². The first-order valence-corrected chi connectivity index (χ1v) is 10.2. The lowest BCUT2D eigenvalue weighted by Crippen LogP contribution is -2.23. The lowest BCUT2D eigenvalue weighted by atomic mass is 9.92. The maximum absolute atomic E-state index is 12.7. The zero-order valence-corrected chi connectivity index (χ0v) is 15.1. The third kappa shape index (κ3) is 3.26. The lowest BCUT2D eigenvalue weighted by molar-refractivity contribution is 0.181. The molecule has 0 radical (unpaired) electrons. The summed E-state index contributed by atoms with van der Waals surface area (Å²) in [6, 6.07) is 12.1. The fourth-order valence-corrected chi connectivity index (χ4v) is 4.54. The van der Waals surface area contributed by atoms with Crippen LogP contribution < -0.4 is 9.62 Å². The molecule has 0 aromatic heterocycles. The van der Waals surface area contributed by atoms with Gasteiger partial charge in [-0.1, -0.05) is 6.07 Å². The van der Waals surface area contributed by atoms with E-state index in [1.807, 2.05) is 6.07 Å². The van der Waals surface area contributed by atoms with E-state index in [0.717, 1.165) is 31.2 Å². The Morgan fingerprint density at radius 2 is 1.69 bits per heavy atom. The van der Waals surface area contributed by atoms with E-state index in [9.17, 15) is 13.2 Å². The second kappa shape index (κ2) is 6.64. The maximum atomic E-state index is 12.7. The Kier molecular flexibility index (Phi) is 4.32. The molecule has 1 heterocycles. The molecule has 7 heteroatoms. The van der Waals surface area contributed by atoms with Gasteiger partial charge in [0.15, 0.2) is 0 Å². The first-order valence-electron chi connectivity index (χ1n) is 8.72. The average Bonchev–Trinajstić information content (AvgIpc) is 3.07. The second-order valence-corrected chi connectivity index (χ2v) is 8.24. The molecule has 0 spiro atoms. The molecule has 26 heavy (non-hydrogen) atoms. The molecule has 1 amide bonds. The molecule has 0 atom stereocenters. The third-order valence-corrected chi connectivity index (χ3v) is 6.20. The van der Waals surface area contributed by atoms with Crippen LogP contribution in [0.5, 0.6) is 0 Å². The lowest BCUT2D eigenvalue weighted by Gasteiger charge is -2.17. The summed E-state index contributed by atoms with van der Waals surface area (Å²) in [7, 11) is -3.64. The SMILES string of the molecule is O=C1OCCN1c1ccc(NS(=O)(=O)c2ccc3c(c2)CCCC3)cc1. The van der Waals surface area contributed by atoms with Gasteiger partial charge in [-0.2, -0.15) is 0 Å². The first kappa shape index (κ1) is 16.9. The van der Waals surface area contributed by atoms with Crippen LogP contribution >= 0.6 is 0 Å². The average molecular weight is 372 g/mol. The number of sulfonamides is 1. The predicted octanol–water partition coefficient (Wildman–Crippen LogP) is 3.32. The van der Waals surface area contributed by atoms with E-state index in [-0.39, 0.29) is 11.0 Å². The topological polar surface area (TPSA) is 75.7 Å². The van der Waals surface area contributed by atoms with Crippen LogP contribution in [0.4, 0.5) is 16.2 Å².